The molecular formula is C15H15N3O3. The smallest absolute Gasteiger partial charge is 0.325 e. The van der Waals surface area contributed by atoms with Crippen LogP contribution in [0.5, 0.6) is 0 Å². The second-order valence-electron chi connectivity index (χ2n) is 4.41. The number of hydrogen-bond acceptors (Lipinski definition) is 5. The molecule has 0 spiro atoms. The minimum absolute atomic E-state index is 0.0847. The van der Waals surface area contributed by atoms with Crippen molar-refractivity contribution in [1.29, 1.82) is 0 Å². The average Bonchev–Trinajstić information content (AvgIpc) is 3.13. The van der Waals surface area contributed by atoms with Crippen LogP contribution in [-0.4, -0.2) is 28.5 Å². The number of esters is 1. The molecule has 6 heteroatoms. The normalized spacial score (nSPS) is 10.7. The maximum absolute atomic E-state index is 11.5. The first-order chi connectivity index (χ1) is 10.3. The van der Waals surface area contributed by atoms with Gasteiger partial charge in [-0.15, -0.1) is 0 Å². The molecule has 0 saturated carbocycles. The summed E-state index contributed by atoms with van der Waals surface area (Å²) >= 11 is 0. The van der Waals surface area contributed by atoms with E-state index in [0.717, 1.165) is 22.7 Å². The van der Waals surface area contributed by atoms with E-state index >= 15 is 0 Å². The Morgan fingerprint density at radius 1 is 1.43 bits per heavy atom. The highest BCUT2D eigenvalue weighted by molar-refractivity contribution is 5.80. The summed E-state index contributed by atoms with van der Waals surface area (Å²) < 4.78 is 11.9. The molecule has 0 aromatic carbocycles. The second kappa shape index (κ2) is 5.70. The van der Waals surface area contributed by atoms with Gasteiger partial charge in [-0.1, -0.05) is 6.07 Å². The Kier molecular flexibility index (Phi) is 3.59. The molecule has 0 aliphatic heterocycles. The van der Waals surface area contributed by atoms with Crippen LogP contribution in [0, 0.1) is 0 Å². The van der Waals surface area contributed by atoms with Crippen LogP contribution in [-0.2, 0) is 9.53 Å². The van der Waals surface area contributed by atoms with Crippen LogP contribution in [0.3, 0.4) is 0 Å². The zero-order valence-electron chi connectivity index (χ0n) is 11.6. The Labute approximate surface area is 121 Å². The van der Waals surface area contributed by atoms with Crippen molar-refractivity contribution >= 4 is 17.4 Å². The number of rotatable bonds is 5. The van der Waals surface area contributed by atoms with Crippen molar-refractivity contribution in [3.05, 3.63) is 43.0 Å². The molecule has 0 amide bonds. The third-order valence-electron chi connectivity index (χ3n) is 3.03. The first-order valence-electron chi connectivity index (χ1n) is 6.68. The van der Waals surface area contributed by atoms with E-state index in [-0.39, 0.29) is 12.5 Å². The van der Waals surface area contributed by atoms with Crippen LogP contribution in [0.25, 0.3) is 16.9 Å². The van der Waals surface area contributed by atoms with Crippen molar-refractivity contribution in [1.82, 2.24) is 9.38 Å². The Bertz CT molecular complexity index is 747. The van der Waals surface area contributed by atoms with Crippen molar-refractivity contribution in [2.24, 2.45) is 0 Å². The number of imidazole rings is 1. The van der Waals surface area contributed by atoms with E-state index in [4.69, 9.17) is 9.15 Å². The standard InChI is InChI=1S/C15H15N3O3/c1-2-21-13(19)9-16-15-14(11-6-8-20-10-11)17-12-5-3-4-7-18(12)15/h3-8,10,16H,2,9H2,1H3. The predicted octanol–water partition coefficient (Wildman–Crippen LogP) is 2.57. The van der Waals surface area contributed by atoms with Crippen LogP contribution >= 0.6 is 0 Å². The zero-order valence-corrected chi connectivity index (χ0v) is 11.6. The fourth-order valence-electron chi connectivity index (χ4n) is 2.13. The molecular weight excluding hydrogens is 270 g/mol. The number of ether oxygens (including phenoxy) is 1. The lowest BCUT2D eigenvalue weighted by atomic mass is 10.2. The molecule has 3 aromatic heterocycles. The molecule has 1 N–H and O–H groups in total. The summed E-state index contributed by atoms with van der Waals surface area (Å²) in [4.78, 5) is 16.1. The number of carbonyl (C=O) groups is 1. The number of fused-ring (bicyclic) bond motifs is 1. The van der Waals surface area contributed by atoms with Crippen molar-refractivity contribution in [3.8, 4) is 11.3 Å². The SMILES string of the molecule is CCOC(=O)CNc1c(-c2ccoc2)nc2ccccn12. The molecule has 3 rings (SSSR count). The lowest BCUT2D eigenvalue weighted by Crippen LogP contribution is -2.17. The first-order valence-corrected chi connectivity index (χ1v) is 6.68. The molecule has 0 atom stereocenters. The van der Waals surface area contributed by atoms with E-state index in [0.29, 0.717) is 6.61 Å². The highest BCUT2D eigenvalue weighted by Crippen LogP contribution is 2.28. The first kappa shape index (κ1) is 13.2. The largest absolute Gasteiger partial charge is 0.472 e. The van der Waals surface area contributed by atoms with Crippen LogP contribution in [0.1, 0.15) is 6.92 Å². The molecule has 6 nitrogen and oxygen atoms in total. The zero-order chi connectivity index (χ0) is 14.7. The van der Waals surface area contributed by atoms with Crippen molar-refractivity contribution in [2.45, 2.75) is 6.92 Å². The number of aromatic nitrogens is 2. The molecule has 0 fully saturated rings. The molecule has 3 heterocycles. The molecule has 0 aliphatic carbocycles. The van der Waals surface area contributed by atoms with Gasteiger partial charge in [0.05, 0.1) is 19.1 Å². The molecule has 0 bridgehead atoms. The monoisotopic (exact) mass is 285 g/mol. The van der Waals surface area contributed by atoms with Gasteiger partial charge in [0.25, 0.3) is 0 Å². The van der Waals surface area contributed by atoms with Crippen LogP contribution in [0.15, 0.2) is 47.4 Å². The van der Waals surface area contributed by atoms with Gasteiger partial charge in [0.15, 0.2) is 0 Å². The summed E-state index contributed by atoms with van der Waals surface area (Å²) in [6.07, 6.45) is 5.10. The van der Waals surface area contributed by atoms with E-state index < -0.39 is 0 Å². The van der Waals surface area contributed by atoms with Crippen molar-refractivity contribution in [3.63, 3.8) is 0 Å². The summed E-state index contributed by atoms with van der Waals surface area (Å²) in [6.45, 7) is 2.23. The quantitative estimate of drug-likeness (QED) is 0.730. The molecule has 3 aromatic rings. The molecule has 0 unspecified atom stereocenters. The number of carbonyl (C=O) groups excluding carboxylic acids is 1. The summed E-state index contributed by atoms with van der Waals surface area (Å²) in [7, 11) is 0. The molecule has 108 valence electrons. The molecule has 21 heavy (non-hydrogen) atoms. The summed E-state index contributed by atoms with van der Waals surface area (Å²) in [5.41, 5.74) is 2.38. The van der Waals surface area contributed by atoms with Gasteiger partial charge in [-0.2, -0.15) is 0 Å². The second-order valence-corrected chi connectivity index (χ2v) is 4.41. The van der Waals surface area contributed by atoms with E-state index in [1.54, 1.807) is 19.5 Å². The fraction of sp³-hybridized carbons (Fsp3) is 0.200. The topological polar surface area (TPSA) is 68.8 Å². The van der Waals surface area contributed by atoms with Gasteiger partial charge < -0.3 is 14.5 Å². The number of nitrogens with zero attached hydrogens (tertiary/aromatic N) is 2. The van der Waals surface area contributed by atoms with Gasteiger partial charge in [-0.05, 0) is 25.1 Å². The Balaban J connectivity index is 1.98. The lowest BCUT2D eigenvalue weighted by Gasteiger charge is -2.07. The van der Waals surface area contributed by atoms with Gasteiger partial charge in [-0.3, -0.25) is 9.20 Å². The number of nitrogens with one attached hydrogen (secondary N) is 1. The minimum atomic E-state index is -0.304. The molecule has 0 radical (unpaired) electrons. The summed E-state index contributed by atoms with van der Waals surface area (Å²) in [6, 6.07) is 7.55. The lowest BCUT2D eigenvalue weighted by molar-refractivity contribution is -0.140. The van der Waals surface area contributed by atoms with Gasteiger partial charge >= 0.3 is 5.97 Å². The number of anilines is 1. The fourth-order valence-corrected chi connectivity index (χ4v) is 2.13. The number of pyridine rings is 1. The Hall–Kier alpha value is -2.76. The third kappa shape index (κ3) is 2.60. The van der Waals surface area contributed by atoms with E-state index in [1.165, 1.54) is 0 Å². The van der Waals surface area contributed by atoms with E-state index in [9.17, 15) is 4.79 Å². The maximum Gasteiger partial charge on any atom is 0.325 e. The average molecular weight is 285 g/mol. The van der Waals surface area contributed by atoms with Crippen LogP contribution < -0.4 is 5.32 Å². The Morgan fingerprint density at radius 2 is 2.33 bits per heavy atom. The van der Waals surface area contributed by atoms with E-state index in [2.05, 4.69) is 10.3 Å². The maximum atomic E-state index is 11.5. The third-order valence-corrected chi connectivity index (χ3v) is 3.03. The van der Waals surface area contributed by atoms with Crippen LogP contribution in [0.2, 0.25) is 0 Å². The van der Waals surface area contributed by atoms with E-state index in [1.807, 2.05) is 34.9 Å². The van der Waals surface area contributed by atoms with Gasteiger partial charge in [0.1, 0.15) is 23.7 Å². The van der Waals surface area contributed by atoms with Gasteiger partial charge in [-0.25, -0.2) is 4.98 Å². The predicted molar refractivity (Wildman–Crippen MR) is 78.0 cm³/mol. The van der Waals surface area contributed by atoms with Crippen molar-refractivity contribution in [2.75, 3.05) is 18.5 Å². The molecule has 0 saturated heterocycles. The number of hydrogen-bond donors (Lipinski definition) is 1. The molecule has 0 aliphatic rings. The van der Waals surface area contributed by atoms with Gasteiger partial charge in [0, 0.05) is 11.8 Å². The summed E-state index contributed by atoms with van der Waals surface area (Å²) in [5, 5.41) is 3.09. The highest BCUT2D eigenvalue weighted by atomic mass is 16.5. The minimum Gasteiger partial charge on any atom is -0.472 e. The van der Waals surface area contributed by atoms with Gasteiger partial charge in [0.2, 0.25) is 0 Å². The highest BCUT2D eigenvalue weighted by Gasteiger charge is 2.15. The van der Waals surface area contributed by atoms with Crippen LogP contribution in [0.4, 0.5) is 5.82 Å². The summed E-state index contributed by atoms with van der Waals surface area (Å²) in [5.74, 6) is 0.432. The Morgan fingerprint density at radius 3 is 3.10 bits per heavy atom. The number of furan rings is 1. The van der Waals surface area contributed by atoms with Crippen molar-refractivity contribution < 1.29 is 13.9 Å².